The number of anilines is 1. The molecule has 98 valence electrons. The van der Waals surface area contributed by atoms with Gasteiger partial charge in [-0.1, -0.05) is 6.58 Å². The Bertz CT molecular complexity index is 475. The van der Waals surface area contributed by atoms with E-state index in [4.69, 9.17) is 0 Å². The van der Waals surface area contributed by atoms with E-state index in [1.165, 1.54) is 0 Å². The molecule has 0 heterocycles. The average molecular weight is 259 g/mol. The largest absolute Gasteiger partial charge is 0.463 e. The summed E-state index contributed by atoms with van der Waals surface area (Å²) in [6.45, 7) is 5.13. The molecule has 0 atom stereocenters. The molecule has 1 aromatic rings. The number of carbonyl (C=O) groups is 1. The Hall–Kier alpha value is -1.98. The molecule has 0 fully saturated rings. The van der Waals surface area contributed by atoms with Crippen molar-refractivity contribution in [3.05, 3.63) is 41.7 Å². The SMILES string of the molecule is C=C(CNc1cc(F)c(F)cc1F)C(=O)OCC. The number of halogens is 3. The Morgan fingerprint density at radius 3 is 2.50 bits per heavy atom. The third-order valence-electron chi connectivity index (χ3n) is 2.07. The highest BCUT2D eigenvalue weighted by atomic mass is 19.2. The number of ether oxygens (including phenoxy) is 1. The summed E-state index contributed by atoms with van der Waals surface area (Å²) in [5.74, 6) is -4.04. The van der Waals surface area contributed by atoms with Crippen LogP contribution in [0.4, 0.5) is 18.9 Å². The fourth-order valence-corrected chi connectivity index (χ4v) is 1.17. The maximum Gasteiger partial charge on any atom is 0.335 e. The van der Waals surface area contributed by atoms with Gasteiger partial charge in [-0.2, -0.15) is 0 Å². The number of nitrogens with one attached hydrogen (secondary N) is 1. The van der Waals surface area contributed by atoms with E-state index in [1.54, 1.807) is 6.92 Å². The maximum absolute atomic E-state index is 13.2. The molecular formula is C12H12F3NO2. The van der Waals surface area contributed by atoms with Gasteiger partial charge in [-0.15, -0.1) is 0 Å². The zero-order chi connectivity index (χ0) is 13.7. The number of rotatable bonds is 5. The molecule has 0 unspecified atom stereocenters. The van der Waals surface area contributed by atoms with Gasteiger partial charge in [-0.05, 0) is 6.92 Å². The van der Waals surface area contributed by atoms with Gasteiger partial charge in [0.1, 0.15) is 5.82 Å². The van der Waals surface area contributed by atoms with Gasteiger partial charge in [0.05, 0.1) is 12.3 Å². The van der Waals surface area contributed by atoms with Crippen molar-refractivity contribution in [2.45, 2.75) is 6.92 Å². The fraction of sp³-hybridized carbons (Fsp3) is 0.250. The standard InChI is InChI=1S/C12H12F3NO2/c1-3-18-12(17)7(2)6-16-11-5-9(14)8(13)4-10(11)15/h4-5,16H,2-3,6H2,1H3. The summed E-state index contributed by atoms with van der Waals surface area (Å²) >= 11 is 0. The molecule has 0 radical (unpaired) electrons. The minimum absolute atomic E-state index is 0.0565. The highest BCUT2D eigenvalue weighted by Crippen LogP contribution is 2.18. The van der Waals surface area contributed by atoms with Crippen molar-refractivity contribution in [1.82, 2.24) is 0 Å². The number of carbonyl (C=O) groups excluding carboxylic acids is 1. The van der Waals surface area contributed by atoms with Gasteiger partial charge in [-0.3, -0.25) is 0 Å². The number of esters is 1. The zero-order valence-corrected chi connectivity index (χ0v) is 9.73. The van der Waals surface area contributed by atoms with Gasteiger partial charge in [-0.25, -0.2) is 18.0 Å². The van der Waals surface area contributed by atoms with E-state index in [1.807, 2.05) is 0 Å². The van der Waals surface area contributed by atoms with Gasteiger partial charge in [0, 0.05) is 24.3 Å². The third kappa shape index (κ3) is 3.51. The first-order valence-electron chi connectivity index (χ1n) is 5.19. The van der Waals surface area contributed by atoms with Crippen LogP contribution in [-0.4, -0.2) is 19.1 Å². The Labute approximate surface area is 102 Å². The van der Waals surface area contributed by atoms with E-state index in [2.05, 4.69) is 16.6 Å². The van der Waals surface area contributed by atoms with Crippen LogP contribution in [-0.2, 0) is 9.53 Å². The first kappa shape index (κ1) is 14.1. The second-order valence-corrected chi connectivity index (χ2v) is 3.42. The van der Waals surface area contributed by atoms with Crippen LogP contribution in [0, 0.1) is 17.5 Å². The molecule has 0 aliphatic heterocycles. The van der Waals surface area contributed by atoms with E-state index in [9.17, 15) is 18.0 Å². The summed E-state index contributed by atoms with van der Waals surface area (Å²) in [4.78, 5) is 11.2. The minimum Gasteiger partial charge on any atom is -0.463 e. The molecule has 0 amide bonds. The number of benzene rings is 1. The number of hydrogen-bond donors (Lipinski definition) is 1. The van der Waals surface area contributed by atoms with Crippen molar-refractivity contribution >= 4 is 11.7 Å². The molecule has 0 bridgehead atoms. The molecule has 0 aliphatic rings. The molecular weight excluding hydrogens is 247 g/mol. The predicted octanol–water partition coefficient (Wildman–Crippen LogP) is 2.64. The molecule has 0 aromatic heterocycles. The van der Waals surface area contributed by atoms with Crippen molar-refractivity contribution in [3.63, 3.8) is 0 Å². The van der Waals surface area contributed by atoms with Crippen LogP contribution in [0.1, 0.15) is 6.92 Å². The molecule has 0 saturated carbocycles. The molecule has 1 N–H and O–H groups in total. The topological polar surface area (TPSA) is 38.3 Å². The predicted molar refractivity (Wildman–Crippen MR) is 60.6 cm³/mol. The van der Waals surface area contributed by atoms with E-state index in [0.717, 1.165) is 0 Å². The van der Waals surface area contributed by atoms with Crippen molar-refractivity contribution < 1.29 is 22.7 Å². The van der Waals surface area contributed by atoms with E-state index < -0.39 is 23.4 Å². The Kier molecular flexibility index (Phi) is 4.76. The van der Waals surface area contributed by atoms with Crippen molar-refractivity contribution in [2.24, 2.45) is 0 Å². The van der Waals surface area contributed by atoms with Gasteiger partial charge < -0.3 is 10.1 Å². The van der Waals surface area contributed by atoms with Gasteiger partial charge in [0.2, 0.25) is 0 Å². The first-order chi connectivity index (χ1) is 8.45. The van der Waals surface area contributed by atoms with Crippen LogP contribution in [0.25, 0.3) is 0 Å². The molecule has 0 saturated heterocycles. The lowest BCUT2D eigenvalue weighted by Gasteiger charge is -2.09. The Balaban J connectivity index is 2.67. The molecule has 0 aliphatic carbocycles. The lowest BCUT2D eigenvalue weighted by atomic mass is 10.2. The quantitative estimate of drug-likeness (QED) is 0.502. The van der Waals surface area contributed by atoms with Gasteiger partial charge in [0.15, 0.2) is 11.6 Å². The van der Waals surface area contributed by atoms with Crippen LogP contribution in [0.2, 0.25) is 0 Å². The molecule has 0 spiro atoms. The van der Waals surface area contributed by atoms with Crippen LogP contribution in [0.3, 0.4) is 0 Å². The molecule has 18 heavy (non-hydrogen) atoms. The third-order valence-corrected chi connectivity index (χ3v) is 2.07. The maximum atomic E-state index is 13.2. The summed E-state index contributed by atoms with van der Waals surface area (Å²) in [6, 6.07) is 1.09. The summed E-state index contributed by atoms with van der Waals surface area (Å²) in [7, 11) is 0. The monoisotopic (exact) mass is 259 g/mol. The van der Waals surface area contributed by atoms with Crippen molar-refractivity contribution in [2.75, 3.05) is 18.5 Å². The summed E-state index contributed by atoms with van der Waals surface area (Å²) in [5.41, 5.74) is -0.194. The molecule has 1 rings (SSSR count). The van der Waals surface area contributed by atoms with E-state index in [0.29, 0.717) is 12.1 Å². The lowest BCUT2D eigenvalue weighted by Crippen LogP contribution is -2.15. The molecule has 3 nitrogen and oxygen atoms in total. The molecule has 6 heteroatoms. The highest BCUT2D eigenvalue weighted by Gasteiger charge is 2.12. The smallest absolute Gasteiger partial charge is 0.335 e. The second-order valence-electron chi connectivity index (χ2n) is 3.42. The first-order valence-corrected chi connectivity index (χ1v) is 5.19. The van der Waals surface area contributed by atoms with Crippen LogP contribution in [0.5, 0.6) is 0 Å². The van der Waals surface area contributed by atoms with Gasteiger partial charge >= 0.3 is 5.97 Å². The molecule has 1 aromatic carbocycles. The van der Waals surface area contributed by atoms with Crippen molar-refractivity contribution in [3.8, 4) is 0 Å². The van der Waals surface area contributed by atoms with E-state index in [-0.39, 0.29) is 24.4 Å². The Morgan fingerprint density at radius 1 is 1.28 bits per heavy atom. The normalized spacial score (nSPS) is 10.0. The van der Waals surface area contributed by atoms with Crippen LogP contribution < -0.4 is 5.32 Å². The summed E-state index contributed by atoms with van der Waals surface area (Å²) in [5, 5.41) is 2.44. The minimum atomic E-state index is -1.28. The van der Waals surface area contributed by atoms with Crippen LogP contribution >= 0.6 is 0 Å². The number of hydrogen-bond acceptors (Lipinski definition) is 3. The van der Waals surface area contributed by atoms with Gasteiger partial charge in [0.25, 0.3) is 0 Å². The summed E-state index contributed by atoms with van der Waals surface area (Å²) in [6.07, 6.45) is 0. The summed E-state index contributed by atoms with van der Waals surface area (Å²) < 4.78 is 43.4. The Morgan fingerprint density at radius 2 is 1.89 bits per heavy atom. The second kappa shape index (κ2) is 6.09. The van der Waals surface area contributed by atoms with Crippen molar-refractivity contribution in [1.29, 1.82) is 0 Å². The zero-order valence-electron chi connectivity index (χ0n) is 9.73. The highest BCUT2D eigenvalue weighted by molar-refractivity contribution is 5.88. The fourth-order valence-electron chi connectivity index (χ4n) is 1.17. The van der Waals surface area contributed by atoms with Crippen LogP contribution in [0.15, 0.2) is 24.3 Å². The lowest BCUT2D eigenvalue weighted by molar-refractivity contribution is -0.138. The van der Waals surface area contributed by atoms with E-state index >= 15 is 0 Å². The average Bonchev–Trinajstić information content (AvgIpc) is 2.32.